The Morgan fingerprint density at radius 3 is 2.56 bits per heavy atom. The van der Waals surface area contributed by atoms with E-state index in [1.165, 1.54) is 12.8 Å². The summed E-state index contributed by atoms with van der Waals surface area (Å²) in [7, 11) is 0. The van der Waals surface area contributed by atoms with Crippen molar-refractivity contribution in [1.29, 1.82) is 0 Å². The molecule has 0 bridgehead atoms. The molecule has 1 heterocycles. The summed E-state index contributed by atoms with van der Waals surface area (Å²) in [5, 5.41) is 3.46. The zero-order chi connectivity index (χ0) is 12.2. The summed E-state index contributed by atoms with van der Waals surface area (Å²) >= 11 is 0. The van der Waals surface area contributed by atoms with Gasteiger partial charge in [0.25, 0.3) is 0 Å². The van der Waals surface area contributed by atoms with Crippen molar-refractivity contribution in [2.45, 2.75) is 53.0 Å². The van der Waals surface area contributed by atoms with E-state index in [2.05, 4.69) is 12.2 Å². The highest BCUT2D eigenvalue weighted by atomic mass is 16.2. The minimum atomic E-state index is -0.256. The molecule has 1 aliphatic rings. The van der Waals surface area contributed by atoms with Gasteiger partial charge in [-0.3, -0.25) is 4.79 Å². The summed E-state index contributed by atoms with van der Waals surface area (Å²) in [4.78, 5) is 14.3. The number of carbonyl (C=O) groups excluding carboxylic acids is 1. The Morgan fingerprint density at radius 2 is 2.12 bits per heavy atom. The van der Waals surface area contributed by atoms with E-state index >= 15 is 0 Å². The maximum absolute atomic E-state index is 12.2. The number of nitrogens with zero attached hydrogens (tertiary/aromatic N) is 1. The first-order valence-electron chi connectivity index (χ1n) is 6.48. The molecule has 0 saturated carbocycles. The predicted octanol–water partition coefficient (Wildman–Crippen LogP) is 2.02. The van der Waals surface area contributed by atoms with Crippen molar-refractivity contribution in [3.63, 3.8) is 0 Å². The van der Waals surface area contributed by atoms with Crippen molar-refractivity contribution in [3.05, 3.63) is 0 Å². The highest BCUT2D eigenvalue weighted by molar-refractivity contribution is 5.81. The summed E-state index contributed by atoms with van der Waals surface area (Å²) in [6.07, 6.45) is 3.49. The van der Waals surface area contributed by atoms with Crippen LogP contribution < -0.4 is 5.32 Å². The third-order valence-electron chi connectivity index (χ3n) is 3.03. The summed E-state index contributed by atoms with van der Waals surface area (Å²) in [6, 6.07) is 0.512. The van der Waals surface area contributed by atoms with Crippen LogP contribution in [0.2, 0.25) is 0 Å². The molecule has 0 spiro atoms. The van der Waals surface area contributed by atoms with Gasteiger partial charge in [0, 0.05) is 24.5 Å². The normalized spacial score (nSPS) is 21.1. The lowest BCUT2D eigenvalue weighted by atomic mass is 9.94. The van der Waals surface area contributed by atoms with E-state index in [0.29, 0.717) is 6.04 Å². The fraction of sp³-hybridized carbons (Fsp3) is 0.923. The molecular weight excluding hydrogens is 200 g/mol. The maximum atomic E-state index is 12.2. The minimum Gasteiger partial charge on any atom is -0.341 e. The monoisotopic (exact) mass is 226 g/mol. The SMILES string of the molecule is CCCN(CC1CCCN1)C(=O)C(C)(C)C. The van der Waals surface area contributed by atoms with Gasteiger partial charge in [-0.2, -0.15) is 0 Å². The molecule has 1 rings (SSSR count). The average molecular weight is 226 g/mol. The first-order valence-corrected chi connectivity index (χ1v) is 6.48. The summed E-state index contributed by atoms with van der Waals surface area (Å²) in [6.45, 7) is 11.0. The van der Waals surface area contributed by atoms with E-state index < -0.39 is 0 Å². The van der Waals surface area contributed by atoms with Crippen molar-refractivity contribution in [3.8, 4) is 0 Å². The lowest BCUT2D eigenvalue weighted by molar-refractivity contribution is -0.139. The molecule has 1 amide bonds. The van der Waals surface area contributed by atoms with Gasteiger partial charge in [-0.1, -0.05) is 27.7 Å². The highest BCUT2D eigenvalue weighted by Gasteiger charge is 2.28. The van der Waals surface area contributed by atoms with Crippen molar-refractivity contribution in [2.24, 2.45) is 5.41 Å². The van der Waals surface area contributed by atoms with Crippen molar-refractivity contribution in [2.75, 3.05) is 19.6 Å². The van der Waals surface area contributed by atoms with Crippen molar-refractivity contribution >= 4 is 5.91 Å². The van der Waals surface area contributed by atoms with Crippen LogP contribution in [0.3, 0.4) is 0 Å². The summed E-state index contributed by atoms with van der Waals surface area (Å²) in [5.41, 5.74) is -0.256. The van der Waals surface area contributed by atoms with Gasteiger partial charge in [0.1, 0.15) is 0 Å². The zero-order valence-electron chi connectivity index (χ0n) is 11.2. The van der Waals surface area contributed by atoms with E-state index in [1.54, 1.807) is 0 Å². The number of rotatable bonds is 4. The second-order valence-electron chi connectivity index (χ2n) is 5.79. The first kappa shape index (κ1) is 13.5. The standard InChI is InChI=1S/C13H26N2O/c1-5-9-15(12(16)13(2,3)4)10-11-7-6-8-14-11/h11,14H,5-10H2,1-4H3. The van der Waals surface area contributed by atoms with Crippen LogP contribution in [0.4, 0.5) is 0 Å². The zero-order valence-corrected chi connectivity index (χ0v) is 11.2. The van der Waals surface area contributed by atoms with E-state index in [1.807, 2.05) is 25.7 Å². The smallest absolute Gasteiger partial charge is 0.227 e. The second-order valence-corrected chi connectivity index (χ2v) is 5.79. The van der Waals surface area contributed by atoms with Gasteiger partial charge >= 0.3 is 0 Å². The van der Waals surface area contributed by atoms with Crippen LogP contribution >= 0.6 is 0 Å². The molecular formula is C13H26N2O. The Morgan fingerprint density at radius 1 is 1.44 bits per heavy atom. The van der Waals surface area contributed by atoms with Gasteiger partial charge in [0.05, 0.1) is 0 Å². The lowest BCUT2D eigenvalue weighted by Crippen LogP contribution is -2.46. The molecule has 1 aliphatic heterocycles. The molecule has 0 aromatic rings. The van der Waals surface area contributed by atoms with E-state index in [9.17, 15) is 4.79 Å². The number of hydrogen-bond acceptors (Lipinski definition) is 2. The Bertz CT molecular complexity index is 227. The number of amides is 1. The molecule has 3 heteroatoms. The second kappa shape index (κ2) is 5.67. The lowest BCUT2D eigenvalue weighted by Gasteiger charge is -2.31. The van der Waals surface area contributed by atoms with Crippen LogP contribution in [0.5, 0.6) is 0 Å². The third-order valence-corrected chi connectivity index (χ3v) is 3.03. The van der Waals surface area contributed by atoms with Crippen LogP contribution in [-0.4, -0.2) is 36.5 Å². The predicted molar refractivity (Wildman–Crippen MR) is 67.4 cm³/mol. The van der Waals surface area contributed by atoms with Crippen LogP contribution in [-0.2, 0) is 4.79 Å². The summed E-state index contributed by atoms with van der Waals surface area (Å²) < 4.78 is 0. The first-order chi connectivity index (χ1) is 7.45. The van der Waals surface area contributed by atoms with Gasteiger partial charge < -0.3 is 10.2 Å². The molecule has 1 atom stereocenters. The molecule has 0 aromatic carbocycles. The minimum absolute atomic E-state index is 0.256. The molecule has 1 N–H and O–H groups in total. The Kier molecular flexibility index (Phi) is 4.78. The highest BCUT2D eigenvalue weighted by Crippen LogP contribution is 2.19. The number of carbonyl (C=O) groups is 1. The van der Waals surface area contributed by atoms with Crippen LogP contribution in [0.15, 0.2) is 0 Å². The van der Waals surface area contributed by atoms with Gasteiger partial charge in [-0.15, -0.1) is 0 Å². The Balaban J connectivity index is 2.55. The summed E-state index contributed by atoms with van der Waals surface area (Å²) in [5.74, 6) is 0.281. The van der Waals surface area contributed by atoms with Gasteiger partial charge in [-0.25, -0.2) is 0 Å². The van der Waals surface area contributed by atoms with Crippen molar-refractivity contribution in [1.82, 2.24) is 10.2 Å². The van der Waals surface area contributed by atoms with E-state index in [-0.39, 0.29) is 11.3 Å². The molecule has 1 saturated heterocycles. The number of hydrogen-bond donors (Lipinski definition) is 1. The van der Waals surface area contributed by atoms with Crippen molar-refractivity contribution < 1.29 is 4.79 Å². The van der Waals surface area contributed by atoms with Crippen LogP contribution in [0, 0.1) is 5.41 Å². The Labute approximate surface area is 99.6 Å². The quantitative estimate of drug-likeness (QED) is 0.795. The molecule has 0 aromatic heterocycles. The average Bonchev–Trinajstić information content (AvgIpc) is 2.67. The fourth-order valence-electron chi connectivity index (χ4n) is 2.20. The van der Waals surface area contributed by atoms with E-state index in [0.717, 1.165) is 26.1 Å². The molecule has 0 aliphatic carbocycles. The maximum Gasteiger partial charge on any atom is 0.227 e. The topological polar surface area (TPSA) is 32.3 Å². The van der Waals surface area contributed by atoms with E-state index in [4.69, 9.17) is 0 Å². The molecule has 94 valence electrons. The molecule has 1 fully saturated rings. The van der Waals surface area contributed by atoms with Crippen LogP contribution in [0.25, 0.3) is 0 Å². The van der Waals surface area contributed by atoms with Gasteiger partial charge in [0.2, 0.25) is 5.91 Å². The fourth-order valence-corrected chi connectivity index (χ4v) is 2.20. The Hall–Kier alpha value is -0.570. The third kappa shape index (κ3) is 3.78. The number of nitrogens with one attached hydrogen (secondary N) is 1. The van der Waals surface area contributed by atoms with Crippen LogP contribution in [0.1, 0.15) is 47.0 Å². The molecule has 3 nitrogen and oxygen atoms in total. The molecule has 0 radical (unpaired) electrons. The largest absolute Gasteiger partial charge is 0.341 e. The van der Waals surface area contributed by atoms with Gasteiger partial charge in [-0.05, 0) is 25.8 Å². The molecule has 16 heavy (non-hydrogen) atoms. The van der Waals surface area contributed by atoms with Gasteiger partial charge in [0.15, 0.2) is 0 Å². The molecule has 1 unspecified atom stereocenters.